The van der Waals surface area contributed by atoms with Gasteiger partial charge < -0.3 is 38.3 Å². The van der Waals surface area contributed by atoms with Gasteiger partial charge in [-0.05, 0) is 70.7 Å². The monoisotopic (exact) mass is 610 g/mol. The molecule has 3 rings (SSSR count). The lowest BCUT2D eigenvalue weighted by Gasteiger charge is -2.47. The zero-order chi connectivity index (χ0) is 31.2. The molecule has 2 saturated heterocycles. The van der Waals surface area contributed by atoms with Crippen molar-refractivity contribution in [1.82, 2.24) is 0 Å². The first kappa shape index (κ1) is 35.6. The molecule has 0 bridgehead atoms. The van der Waals surface area contributed by atoms with Crippen LogP contribution in [0, 0.1) is 0 Å². The zero-order valence-corrected chi connectivity index (χ0v) is 28.6. The molecule has 42 heavy (non-hydrogen) atoms. The Morgan fingerprint density at radius 2 is 1.50 bits per heavy atom. The van der Waals surface area contributed by atoms with E-state index in [0.29, 0.717) is 26.1 Å². The summed E-state index contributed by atoms with van der Waals surface area (Å²) in [5.41, 5.74) is 1.17. The molecule has 8 nitrogen and oxygen atoms in total. The third-order valence-corrected chi connectivity index (χ3v) is 13.2. The van der Waals surface area contributed by atoms with E-state index >= 15 is 0 Å². The Morgan fingerprint density at radius 1 is 0.905 bits per heavy atom. The minimum atomic E-state index is -2.13. The SMILES string of the molecule is CC1(C)O[C@H](CC[C@@H](O[Si](C)(C)C(C)(C)C)[C@H]2C[C@@H](CC(O)CO)OC(C)(C)O2)C[C@H](CCOCc2ccccc2)O1. The largest absolute Gasteiger partial charge is 0.411 e. The molecule has 0 saturated carbocycles. The molecule has 0 radical (unpaired) electrons. The highest BCUT2D eigenvalue weighted by atomic mass is 28.4. The molecular weight excluding hydrogens is 552 g/mol. The number of rotatable bonds is 14. The van der Waals surface area contributed by atoms with Crippen molar-refractivity contribution in [2.45, 2.75) is 160 Å². The summed E-state index contributed by atoms with van der Waals surface area (Å²) in [4.78, 5) is 0. The lowest BCUT2D eigenvalue weighted by molar-refractivity contribution is -0.317. The minimum Gasteiger partial charge on any atom is -0.411 e. The van der Waals surface area contributed by atoms with Crippen molar-refractivity contribution < 1.29 is 38.3 Å². The highest BCUT2D eigenvalue weighted by Gasteiger charge is 2.45. The van der Waals surface area contributed by atoms with Gasteiger partial charge >= 0.3 is 0 Å². The van der Waals surface area contributed by atoms with Crippen LogP contribution in [0.3, 0.4) is 0 Å². The summed E-state index contributed by atoms with van der Waals surface area (Å²) in [5, 5.41) is 19.6. The fourth-order valence-electron chi connectivity index (χ4n) is 5.68. The summed E-state index contributed by atoms with van der Waals surface area (Å²) in [7, 11) is -2.13. The average Bonchev–Trinajstić information content (AvgIpc) is 2.87. The number of hydrogen-bond acceptors (Lipinski definition) is 8. The number of ether oxygens (including phenoxy) is 5. The van der Waals surface area contributed by atoms with Crippen molar-refractivity contribution >= 4 is 8.32 Å². The van der Waals surface area contributed by atoms with Crippen LogP contribution in [0.15, 0.2) is 30.3 Å². The molecule has 2 heterocycles. The summed E-state index contributed by atoms with van der Waals surface area (Å²) >= 11 is 0. The lowest BCUT2D eigenvalue weighted by atomic mass is 9.94. The van der Waals surface area contributed by atoms with Crippen LogP contribution < -0.4 is 0 Å². The fraction of sp³-hybridized carbons (Fsp3) is 0.818. The Labute approximate surface area is 255 Å². The molecular formula is C33H58O8Si. The number of hydrogen-bond donors (Lipinski definition) is 2. The normalized spacial score (nSPS) is 27.9. The smallest absolute Gasteiger partial charge is 0.192 e. The van der Waals surface area contributed by atoms with Gasteiger partial charge in [0.2, 0.25) is 0 Å². The summed E-state index contributed by atoms with van der Waals surface area (Å²) in [5.74, 6) is -1.49. The van der Waals surface area contributed by atoms with Crippen LogP contribution in [0.5, 0.6) is 0 Å². The Hall–Kier alpha value is -0.883. The standard InChI is InChI=1S/C33H58O8Si/c1-31(2,3)42(8,9)41-29(30-21-28(19-25(35)22-34)39-33(6,7)40-30)16-15-26-20-27(38-32(4,5)37-26)17-18-36-23-24-13-11-10-12-14-24/h10-14,25-30,34-35H,15-23H2,1-9H3/t25?,26-,27+,28-,29-,30-/m1/s1. The summed E-state index contributed by atoms with van der Waals surface area (Å²) in [6.45, 7) is 20.0. The predicted molar refractivity (Wildman–Crippen MR) is 167 cm³/mol. The Balaban J connectivity index is 1.66. The quantitative estimate of drug-likeness (QED) is 0.186. The van der Waals surface area contributed by atoms with Crippen LogP contribution in [-0.2, 0) is 34.7 Å². The molecule has 0 amide bonds. The molecule has 0 aromatic heterocycles. The number of aliphatic hydroxyl groups excluding tert-OH is 2. The lowest BCUT2D eigenvalue weighted by Crippen LogP contribution is -2.54. The predicted octanol–water partition coefficient (Wildman–Crippen LogP) is 6.33. The van der Waals surface area contributed by atoms with Crippen molar-refractivity contribution in [3.8, 4) is 0 Å². The van der Waals surface area contributed by atoms with Gasteiger partial charge in [0.15, 0.2) is 19.9 Å². The van der Waals surface area contributed by atoms with Crippen LogP contribution in [0.2, 0.25) is 18.1 Å². The molecule has 1 unspecified atom stereocenters. The molecule has 0 aliphatic carbocycles. The van der Waals surface area contributed by atoms with Crippen molar-refractivity contribution in [3.05, 3.63) is 35.9 Å². The van der Waals surface area contributed by atoms with E-state index in [0.717, 1.165) is 25.7 Å². The molecule has 242 valence electrons. The first-order valence-electron chi connectivity index (χ1n) is 15.8. The van der Waals surface area contributed by atoms with E-state index in [1.165, 1.54) is 5.56 Å². The summed E-state index contributed by atoms with van der Waals surface area (Å²) in [6, 6.07) is 10.2. The van der Waals surface area contributed by atoms with Gasteiger partial charge in [-0.1, -0.05) is 51.1 Å². The highest BCUT2D eigenvalue weighted by molar-refractivity contribution is 6.74. The topological polar surface area (TPSA) is 95.8 Å². The van der Waals surface area contributed by atoms with Gasteiger partial charge in [0, 0.05) is 25.9 Å². The Bertz CT molecular complexity index is 932. The fourth-order valence-corrected chi connectivity index (χ4v) is 7.06. The molecule has 2 aliphatic rings. The van der Waals surface area contributed by atoms with E-state index in [1.54, 1.807) is 0 Å². The second-order valence-corrected chi connectivity index (χ2v) is 19.3. The van der Waals surface area contributed by atoms with Gasteiger partial charge in [0.25, 0.3) is 0 Å². The van der Waals surface area contributed by atoms with Gasteiger partial charge in [-0.3, -0.25) is 0 Å². The molecule has 2 N–H and O–H groups in total. The molecule has 2 aliphatic heterocycles. The van der Waals surface area contributed by atoms with E-state index in [2.05, 4.69) is 46.0 Å². The van der Waals surface area contributed by atoms with Gasteiger partial charge in [-0.2, -0.15) is 0 Å². The van der Waals surface area contributed by atoms with Gasteiger partial charge in [-0.25, -0.2) is 0 Å². The summed E-state index contributed by atoms with van der Waals surface area (Å²) < 4.78 is 38.3. The van der Waals surface area contributed by atoms with Crippen LogP contribution in [0.1, 0.15) is 92.6 Å². The van der Waals surface area contributed by atoms with Gasteiger partial charge in [-0.15, -0.1) is 0 Å². The molecule has 2 fully saturated rings. The maximum Gasteiger partial charge on any atom is 0.192 e. The zero-order valence-electron chi connectivity index (χ0n) is 27.6. The first-order valence-corrected chi connectivity index (χ1v) is 18.7. The van der Waals surface area contributed by atoms with Gasteiger partial charge in [0.05, 0.1) is 49.8 Å². The van der Waals surface area contributed by atoms with E-state index in [4.69, 9.17) is 28.1 Å². The third-order valence-electron chi connectivity index (χ3n) is 8.69. The van der Waals surface area contributed by atoms with E-state index < -0.39 is 26.0 Å². The second-order valence-electron chi connectivity index (χ2n) is 14.5. The molecule has 9 heteroatoms. The molecule has 6 atom stereocenters. The average molecular weight is 611 g/mol. The van der Waals surface area contributed by atoms with Crippen molar-refractivity contribution in [3.63, 3.8) is 0 Å². The van der Waals surface area contributed by atoms with E-state index in [9.17, 15) is 10.2 Å². The van der Waals surface area contributed by atoms with Crippen LogP contribution >= 0.6 is 0 Å². The maximum absolute atomic E-state index is 10.1. The van der Waals surface area contributed by atoms with Crippen LogP contribution in [0.4, 0.5) is 0 Å². The molecule has 1 aromatic carbocycles. The maximum atomic E-state index is 10.1. The van der Waals surface area contributed by atoms with Crippen molar-refractivity contribution in [2.24, 2.45) is 0 Å². The Kier molecular flexibility index (Phi) is 12.7. The first-order chi connectivity index (χ1) is 19.5. The van der Waals surface area contributed by atoms with Gasteiger partial charge in [0.1, 0.15) is 0 Å². The van der Waals surface area contributed by atoms with Crippen molar-refractivity contribution in [1.29, 1.82) is 0 Å². The number of aliphatic hydroxyl groups is 2. The van der Waals surface area contributed by atoms with E-state index in [1.807, 2.05) is 45.9 Å². The summed E-state index contributed by atoms with van der Waals surface area (Å²) in [6.07, 6.45) is 2.84. The van der Waals surface area contributed by atoms with Crippen molar-refractivity contribution in [2.75, 3.05) is 13.2 Å². The highest BCUT2D eigenvalue weighted by Crippen LogP contribution is 2.41. The van der Waals surface area contributed by atoms with E-state index in [-0.39, 0.29) is 42.2 Å². The third kappa shape index (κ3) is 11.2. The molecule has 1 aromatic rings. The second kappa shape index (κ2) is 14.9. The molecule has 0 spiro atoms. The van der Waals surface area contributed by atoms with Crippen LogP contribution in [-0.4, -0.2) is 79.9 Å². The Morgan fingerprint density at radius 3 is 2.12 bits per heavy atom. The minimum absolute atomic E-state index is 0.0262. The number of benzene rings is 1. The van der Waals surface area contributed by atoms with Crippen LogP contribution in [0.25, 0.3) is 0 Å².